The highest BCUT2D eigenvalue weighted by molar-refractivity contribution is 5.95. The monoisotopic (exact) mass is 365 g/mol. The van der Waals surface area contributed by atoms with Crippen molar-refractivity contribution in [3.63, 3.8) is 0 Å². The smallest absolute Gasteiger partial charge is 0.374 e. The van der Waals surface area contributed by atoms with Crippen LogP contribution in [-0.4, -0.2) is 30.1 Å². The molecule has 1 aromatic carbocycles. The van der Waals surface area contributed by atoms with Crippen molar-refractivity contribution < 1.29 is 28.7 Å². The average Bonchev–Trinajstić information content (AvgIpc) is 2.62. The van der Waals surface area contributed by atoms with Crippen LogP contribution in [0.5, 0.6) is 5.75 Å². The number of carbonyl (C=O) groups is 2. The summed E-state index contributed by atoms with van der Waals surface area (Å²) in [6.45, 7) is 4.34. The molecule has 0 heterocycles. The number of nitro groups is 1. The summed E-state index contributed by atoms with van der Waals surface area (Å²) < 4.78 is 15.4. The summed E-state index contributed by atoms with van der Waals surface area (Å²) in [5.74, 6) is -1.70. The quantitative estimate of drug-likeness (QED) is 0.147. The Morgan fingerprint density at radius 1 is 1.04 bits per heavy atom. The Morgan fingerprint density at radius 2 is 1.62 bits per heavy atom. The molecule has 0 spiro atoms. The second kappa shape index (κ2) is 11.6. The summed E-state index contributed by atoms with van der Waals surface area (Å²) in [5.41, 5.74) is -0.118. The van der Waals surface area contributed by atoms with E-state index in [1.54, 1.807) is 0 Å². The second-order valence-electron chi connectivity index (χ2n) is 5.37. The number of rotatable bonds is 11. The molecule has 0 radical (unpaired) electrons. The first-order valence-electron chi connectivity index (χ1n) is 8.45. The van der Waals surface area contributed by atoms with Crippen molar-refractivity contribution in [2.24, 2.45) is 0 Å². The van der Waals surface area contributed by atoms with Crippen molar-refractivity contribution in [1.29, 1.82) is 0 Å². The van der Waals surface area contributed by atoms with Crippen LogP contribution < -0.4 is 4.74 Å². The number of nitrogens with zero attached hydrogens (tertiary/aromatic N) is 1. The lowest BCUT2D eigenvalue weighted by molar-refractivity contribution is -0.384. The summed E-state index contributed by atoms with van der Waals surface area (Å²) in [6.07, 6.45) is 4.01. The summed E-state index contributed by atoms with van der Waals surface area (Å²) in [6, 6.07) is 5.12. The maximum atomic E-state index is 12.1. The predicted molar refractivity (Wildman–Crippen MR) is 93.5 cm³/mol. The Balaban J connectivity index is 2.86. The van der Waals surface area contributed by atoms with Gasteiger partial charge in [-0.25, -0.2) is 9.59 Å². The van der Waals surface area contributed by atoms with Gasteiger partial charge in [0.1, 0.15) is 5.75 Å². The van der Waals surface area contributed by atoms with Gasteiger partial charge in [-0.3, -0.25) is 10.1 Å². The van der Waals surface area contributed by atoms with Crippen LogP contribution in [0.4, 0.5) is 5.69 Å². The van der Waals surface area contributed by atoms with Crippen molar-refractivity contribution in [3.05, 3.63) is 46.2 Å². The maximum absolute atomic E-state index is 12.1. The number of nitro benzene ring substituents is 1. The van der Waals surface area contributed by atoms with Crippen molar-refractivity contribution >= 4 is 17.6 Å². The molecule has 0 saturated carbocycles. The first-order chi connectivity index (χ1) is 12.5. The summed E-state index contributed by atoms with van der Waals surface area (Å²) in [5, 5.41) is 10.7. The number of unbranched alkanes of at least 4 members (excludes halogenated alkanes) is 2. The predicted octanol–water partition coefficient (Wildman–Crippen LogP) is 3.54. The number of hydrogen-bond donors (Lipinski definition) is 0. The van der Waals surface area contributed by atoms with Crippen LogP contribution in [0.3, 0.4) is 0 Å². The number of benzene rings is 1. The average molecular weight is 365 g/mol. The molecule has 26 heavy (non-hydrogen) atoms. The van der Waals surface area contributed by atoms with Gasteiger partial charge in [-0.1, -0.05) is 26.7 Å². The van der Waals surface area contributed by atoms with E-state index in [-0.39, 0.29) is 30.4 Å². The summed E-state index contributed by atoms with van der Waals surface area (Å²) in [4.78, 5) is 34.1. The molecule has 0 amide bonds. The van der Waals surface area contributed by atoms with Gasteiger partial charge in [-0.2, -0.15) is 0 Å². The summed E-state index contributed by atoms with van der Waals surface area (Å²) >= 11 is 0. The van der Waals surface area contributed by atoms with E-state index in [4.69, 9.17) is 14.2 Å². The standard InChI is InChI=1S/C18H23NO7/c1-3-5-11-24-17(20)13-16(18(21)25-12-6-4-2)26-15-9-7-14(8-10-15)19(22)23/h7-10,13H,3-6,11-12H2,1-2H3/b16-13+. The first-order valence-corrected chi connectivity index (χ1v) is 8.45. The lowest BCUT2D eigenvalue weighted by Gasteiger charge is -2.10. The summed E-state index contributed by atoms with van der Waals surface area (Å²) in [7, 11) is 0. The zero-order valence-electron chi connectivity index (χ0n) is 14.9. The molecule has 0 saturated heterocycles. The van der Waals surface area contributed by atoms with Crippen LogP contribution in [0.25, 0.3) is 0 Å². The van der Waals surface area contributed by atoms with E-state index in [9.17, 15) is 19.7 Å². The molecule has 0 aliphatic carbocycles. The number of hydrogen-bond acceptors (Lipinski definition) is 7. The molecular formula is C18H23NO7. The third-order valence-electron chi connectivity index (χ3n) is 3.20. The molecule has 1 aromatic rings. The van der Waals surface area contributed by atoms with E-state index < -0.39 is 16.9 Å². The van der Waals surface area contributed by atoms with Gasteiger partial charge in [0.15, 0.2) is 0 Å². The highest BCUT2D eigenvalue weighted by Gasteiger charge is 2.17. The van der Waals surface area contributed by atoms with Crippen LogP contribution in [0.1, 0.15) is 39.5 Å². The fraction of sp³-hybridized carbons (Fsp3) is 0.444. The molecule has 0 aliphatic rings. The normalized spacial score (nSPS) is 10.9. The highest BCUT2D eigenvalue weighted by atomic mass is 16.6. The van der Waals surface area contributed by atoms with Gasteiger partial charge in [-0.05, 0) is 25.0 Å². The molecule has 1 rings (SSSR count). The van der Waals surface area contributed by atoms with Gasteiger partial charge in [0.05, 0.1) is 24.2 Å². The molecule has 0 aliphatic heterocycles. The zero-order valence-corrected chi connectivity index (χ0v) is 14.9. The first kappa shape index (κ1) is 21.1. The maximum Gasteiger partial charge on any atom is 0.374 e. The van der Waals surface area contributed by atoms with Gasteiger partial charge in [-0.15, -0.1) is 0 Å². The number of esters is 2. The third-order valence-corrected chi connectivity index (χ3v) is 3.20. The zero-order chi connectivity index (χ0) is 19.4. The Morgan fingerprint density at radius 3 is 2.15 bits per heavy atom. The molecule has 0 N–H and O–H groups in total. The van der Waals surface area contributed by atoms with E-state index in [0.717, 1.165) is 18.9 Å². The van der Waals surface area contributed by atoms with Gasteiger partial charge >= 0.3 is 11.9 Å². The minimum absolute atomic E-state index is 0.118. The molecule has 0 unspecified atom stereocenters. The van der Waals surface area contributed by atoms with Crippen molar-refractivity contribution in [2.45, 2.75) is 39.5 Å². The van der Waals surface area contributed by atoms with Crippen LogP contribution in [-0.2, 0) is 19.1 Å². The van der Waals surface area contributed by atoms with E-state index in [0.29, 0.717) is 12.8 Å². The molecule has 8 heteroatoms. The molecule has 142 valence electrons. The van der Waals surface area contributed by atoms with E-state index in [1.807, 2.05) is 13.8 Å². The van der Waals surface area contributed by atoms with Gasteiger partial charge < -0.3 is 14.2 Å². The fourth-order valence-electron chi connectivity index (χ4n) is 1.74. The molecule has 0 aromatic heterocycles. The van der Waals surface area contributed by atoms with Crippen LogP contribution >= 0.6 is 0 Å². The van der Waals surface area contributed by atoms with Crippen LogP contribution in [0, 0.1) is 10.1 Å². The van der Waals surface area contributed by atoms with Crippen LogP contribution in [0.2, 0.25) is 0 Å². The van der Waals surface area contributed by atoms with Crippen molar-refractivity contribution in [1.82, 2.24) is 0 Å². The van der Waals surface area contributed by atoms with Gasteiger partial charge in [0.25, 0.3) is 5.69 Å². The minimum atomic E-state index is -0.802. The van der Waals surface area contributed by atoms with Gasteiger partial charge in [0.2, 0.25) is 5.76 Å². The largest absolute Gasteiger partial charge is 0.462 e. The number of non-ortho nitro benzene ring substituents is 1. The Kier molecular flexibility index (Phi) is 9.45. The SMILES string of the molecule is CCCCOC(=O)/C=C(/Oc1ccc([N+](=O)[O-])cc1)C(=O)OCCCC. The number of ether oxygens (including phenoxy) is 3. The number of carbonyl (C=O) groups excluding carboxylic acids is 2. The Bertz CT molecular complexity index is 637. The van der Waals surface area contributed by atoms with Gasteiger partial charge in [0, 0.05) is 12.1 Å². The lowest BCUT2D eigenvalue weighted by atomic mass is 10.3. The fourth-order valence-corrected chi connectivity index (χ4v) is 1.74. The molecular weight excluding hydrogens is 342 g/mol. The second-order valence-corrected chi connectivity index (χ2v) is 5.37. The minimum Gasteiger partial charge on any atom is -0.462 e. The van der Waals surface area contributed by atoms with Crippen LogP contribution in [0.15, 0.2) is 36.1 Å². The van der Waals surface area contributed by atoms with Crippen molar-refractivity contribution in [2.75, 3.05) is 13.2 Å². The molecule has 0 atom stereocenters. The highest BCUT2D eigenvalue weighted by Crippen LogP contribution is 2.20. The molecule has 0 fully saturated rings. The third kappa shape index (κ3) is 7.78. The topological polar surface area (TPSA) is 105 Å². The van der Waals surface area contributed by atoms with E-state index >= 15 is 0 Å². The Hall–Kier alpha value is -2.90. The van der Waals surface area contributed by atoms with E-state index in [2.05, 4.69) is 0 Å². The Labute approximate surface area is 151 Å². The lowest BCUT2D eigenvalue weighted by Crippen LogP contribution is -2.16. The van der Waals surface area contributed by atoms with Crippen molar-refractivity contribution in [3.8, 4) is 5.75 Å². The van der Waals surface area contributed by atoms with E-state index in [1.165, 1.54) is 24.3 Å². The molecule has 8 nitrogen and oxygen atoms in total. The molecule has 0 bridgehead atoms.